The van der Waals surface area contributed by atoms with E-state index in [0.717, 1.165) is 17.5 Å². The number of nitrogens with zero attached hydrogens (tertiary/aromatic N) is 1. The van der Waals surface area contributed by atoms with E-state index in [9.17, 15) is 9.59 Å². The Balaban J connectivity index is 3.56. The SMILES string of the molecule is CSCCN(C)C(=O)CSCC(=O)O. The lowest BCUT2D eigenvalue weighted by atomic mass is 10.5. The van der Waals surface area contributed by atoms with Crippen LogP contribution >= 0.6 is 23.5 Å². The maximum atomic E-state index is 11.3. The summed E-state index contributed by atoms with van der Waals surface area (Å²) in [5.74, 6) is 0.255. The lowest BCUT2D eigenvalue weighted by Gasteiger charge is -2.15. The standard InChI is InChI=1S/C8H15NO3S2/c1-9(3-4-13-2)7(10)5-14-6-8(11)12/h3-6H2,1-2H3,(H,11,12). The van der Waals surface area contributed by atoms with E-state index in [4.69, 9.17) is 5.11 Å². The van der Waals surface area contributed by atoms with Gasteiger partial charge in [0.1, 0.15) is 0 Å². The molecule has 0 fully saturated rings. The second kappa shape index (κ2) is 7.99. The van der Waals surface area contributed by atoms with Gasteiger partial charge in [-0.1, -0.05) is 0 Å². The normalized spacial score (nSPS) is 9.86. The summed E-state index contributed by atoms with van der Waals surface area (Å²) < 4.78 is 0. The largest absolute Gasteiger partial charge is 0.481 e. The van der Waals surface area contributed by atoms with Crippen LogP contribution in [0.5, 0.6) is 0 Å². The molecule has 0 radical (unpaired) electrons. The van der Waals surface area contributed by atoms with Gasteiger partial charge in [-0.2, -0.15) is 11.8 Å². The van der Waals surface area contributed by atoms with Crippen molar-refractivity contribution in [1.82, 2.24) is 4.90 Å². The molecule has 1 amide bonds. The molecule has 0 saturated carbocycles. The Kier molecular flexibility index (Phi) is 7.78. The molecule has 0 aromatic carbocycles. The van der Waals surface area contributed by atoms with Crippen molar-refractivity contribution >= 4 is 35.4 Å². The first-order valence-electron chi connectivity index (χ1n) is 4.10. The number of carbonyl (C=O) groups is 2. The summed E-state index contributed by atoms with van der Waals surface area (Å²) in [5, 5.41) is 8.36. The van der Waals surface area contributed by atoms with Gasteiger partial charge in [-0.3, -0.25) is 9.59 Å². The topological polar surface area (TPSA) is 57.6 Å². The Morgan fingerprint density at radius 1 is 1.36 bits per heavy atom. The molecule has 0 spiro atoms. The predicted octanol–water partition coefficient (Wildman–Crippen LogP) is 0.626. The molecule has 0 aliphatic heterocycles. The first kappa shape index (κ1) is 13.6. The van der Waals surface area contributed by atoms with Crippen LogP contribution in [-0.2, 0) is 9.59 Å². The molecular formula is C8H15NO3S2. The smallest absolute Gasteiger partial charge is 0.313 e. The molecule has 1 N–H and O–H groups in total. The van der Waals surface area contributed by atoms with Gasteiger partial charge in [0.2, 0.25) is 5.91 Å². The molecule has 0 heterocycles. The summed E-state index contributed by atoms with van der Waals surface area (Å²) in [6, 6.07) is 0. The van der Waals surface area contributed by atoms with Gasteiger partial charge in [0, 0.05) is 19.3 Å². The third-order valence-electron chi connectivity index (χ3n) is 1.51. The highest BCUT2D eigenvalue weighted by molar-refractivity contribution is 8.00. The fraction of sp³-hybridized carbons (Fsp3) is 0.750. The molecule has 0 saturated heterocycles. The second-order valence-electron chi connectivity index (χ2n) is 2.69. The quantitative estimate of drug-likeness (QED) is 0.703. The summed E-state index contributed by atoms with van der Waals surface area (Å²) in [7, 11) is 1.74. The summed E-state index contributed by atoms with van der Waals surface area (Å²) in [6.07, 6.45) is 1.98. The minimum absolute atomic E-state index is 0.00898. The van der Waals surface area contributed by atoms with Crippen LogP contribution in [0.2, 0.25) is 0 Å². The Labute approximate surface area is 92.4 Å². The zero-order chi connectivity index (χ0) is 11.0. The predicted molar refractivity (Wildman–Crippen MR) is 61.0 cm³/mol. The molecule has 0 atom stereocenters. The first-order chi connectivity index (χ1) is 6.57. The van der Waals surface area contributed by atoms with Crippen LogP contribution in [0.15, 0.2) is 0 Å². The summed E-state index contributed by atoms with van der Waals surface area (Å²) in [5.41, 5.74) is 0. The van der Waals surface area contributed by atoms with Crippen molar-refractivity contribution in [3.05, 3.63) is 0 Å². The molecule has 14 heavy (non-hydrogen) atoms. The Morgan fingerprint density at radius 3 is 2.50 bits per heavy atom. The number of thioether (sulfide) groups is 2. The van der Waals surface area contributed by atoms with Crippen LogP contribution in [0, 0.1) is 0 Å². The number of rotatable bonds is 7. The van der Waals surface area contributed by atoms with Gasteiger partial charge in [0.25, 0.3) is 0 Å². The van der Waals surface area contributed by atoms with Gasteiger partial charge >= 0.3 is 5.97 Å². The molecule has 0 rings (SSSR count). The van der Waals surface area contributed by atoms with E-state index in [0.29, 0.717) is 6.54 Å². The van der Waals surface area contributed by atoms with Gasteiger partial charge in [-0.15, -0.1) is 11.8 Å². The average molecular weight is 237 g/mol. The van der Waals surface area contributed by atoms with Gasteiger partial charge in [-0.25, -0.2) is 0 Å². The minimum Gasteiger partial charge on any atom is -0.481 e. The number of carbonyl (C=O) groups excluding carboxylic acids is 1. The van der Waals surface area contributed by atoms with Crippen molar-refractivity contribution in [2.75, 3.05) is 37.1 Å². The monoisotopic (exact) mass is 237 g/mol. The third-order valence-corrected chi connectivity index (χ3v) is 3.00. The Morgan fingerprint density at radius 2 is 2.00 bits per heavy atom. The van der Waals surface area contributed by atoms with E-state index in [2.05, 4.69) is 0 Å². The number of amides is 1. The van der Waals surface area contributed by atoms with Crippen molar-refractivity contribution in [1.29, 1.82) is 0 Å². The van der Waals surface area contributed by atoms with E-state index in [1.165, 1.54) is 0 Å². The van der Waals surface area contributed by atoms with Crippen molar-refractivity contribution in [2.24, 2.45) is 0 Å². The van der Waals surface area contributed by atoms with E-state index in [1.54, 1.807) is 23.7 Å². The van der Waals surface area contributed by atoms with E-state index < -0.39 is 5.97 Å². The Hall–Kier alpha value is -0.360. The molecule has 0 aliphatic rings. The molecule has 0 aromatic rings. The maximum Gasteiger partial charge on any atom is 0.313 e. The second-order valence-corrected chi connectivity index (χ2v) is 4.67. The first-order valence-corrected chi connectivity index (χ1v) is 6.65. The van der Waals surface area contributed by atoms with Crippen LogP contribution in [0.25, 0.3) is 0 Å². The zero-order valence-corrected chi connectivity index (χ0v) is 9.99. The summed E-state index contributed by atoms with van der Waals surface area (Å²) >= 11 is 2.81. The molecule has 0 unspecified atom stereocenters. The Bertz CT molecular complexity index is 199. The molecule has 4 nitrogen and oxygen atoms in total. The van der Waals surface area contributed by atoms with Crippen molar-refractivity contribution < 1.29 is 14.7 Å². The molecule has 0 aromatic heterocycles. The van der Waals surface area contributed by atoms with Crippen LogP contribution in [0.3, 0.4) is 0 Å². The summed E-state index contributed by atoms with van der Waals surface area (Å²) in [4.78, 5) is 23.1. The lowest BCUT2D eigenvalue weighted by molar-refractivity contribution is -0.133. The number of hydrogen-bond acceptors (Lipinski definition) is 4. The number of carboxylic acids is 1. The number of aliphatic carboxylic acids is 1. The van der Waals surface area contributed by atoms with Crippen LogP contribution < -0.4 is 0 Å². The molecule has 0 bridgehead atoms. The van der Waals surface area contributed by atoms with Gasteiger partial charge in [0.15, 0.2) is 0 Å². The van der Waals surface area contributed by atoms with E-state index in [1.807, 2.05) is 6.26 Å². The highest BCUT2D eigenvalue weighted by Gasteiger charge is 2.08. The highest BCUT2D eigenvalue weighted by Crippen LogP contribution is 2.02. The molecule has 82 valence electrons. The van der Waals surface area contributed by atoms with Gasteiger partial charge in [0.05, 0.1) is 11.5 Å². The molecular weight excluding hydrogens is 222 g/mol. The highest BCUT2D eigenvalue weighted by atomic mass is 32.2. The number of hydrogen-bond donors (Lipinski definition) is 1. The van der Waals surface area contributed by atoms with Gasteiger partial charge < -0.3 is 10.0 Å². The van der Waals surface area contributed by atoms with Crippen LogP contribution in [0.4, 0.5) is 0 Å². The zero-order valence-electron chi connectivity index (χ0n) is 8.36. The fourth-order valence-corrected chi connectivity index (χ4v) is 1.82. The lowest BCUT2D eigenvalue weighted by Crippen LogP contribution is -2.30. The van der Waals surface area contributed by atoms with Crippen molar-refractivity contribution in [3.63, 3.8) is 0 Å². The van der Waals surface area contributed by atoms with Crippen molar-refractivity contribution in [2.45, 2.75) is 0 Å². The van der Waals surface area contributed by atoms with Crippen LogP contribution in [0.1, 0.15) is 0 Å². The number of carboxylic acid groups (broad SMARTS) is 1. The van der Waals surface area contributed by atoms with E-state index >= 15 is 0 Å². The molecule has 6 heteroatoms. The minimum atomic E-state index is -0.880. The fourth-order valence-electron chi connectivity index (χ4n) is 0.689. The maximum absolute atomic E-state index is 11.3. The van der Waals surface area contributed by atoms with Gasteiger partial charge in [-0.05, 0) is 6.26 Å². The van der Waals surface area contributed by atoms with Crippen molar-refractivity contribution in [3.8, 4) is 0 Å². The average Bonchev–Trinajstić information content (AvgIpc) is 2.13. The van der Waals surface area contributed by atoms with E-state index in [-0.39, 0.29) is 17.4 Å². The van der Waals surface area contributed by atoms with Crippen LogP contribution in [-0.4, -0.2) is 59.0 Å². The summed E-state index contributed by atoms with van der Waals surface area (Å²) in [6.45, 7) is 0.716. The molecule has 0 aliphatic carbocycles. The third kappa shape index (κ3) is 7.08.